The largest absolute Gasteiger partial charge is 0.480 e. The van der Waals surface area contributed by atoms with Crippen LogP contribution in [0.3, 0.4) is 0 Å². The first-order chi connectivity index (χ1) is 27.6. The Labute approximate surface area is 345 Å². The molecule has 1 amide bonds. The van der Waals surface area contributed by atoms with Crippen LogP contribution in [-0.2, 0) is 32.7 Å². The minimum absolute atomic E-state index is 0.0923. The van der Waals surface area contributed by atoms with Gasteiger partial charge in [-0.2, -0.15) is 0 Å². The third-order valence-electron chi connectivity index (χ3n) is 9.38. The number of carboxylic acids is 1. The number of aliphatic carboxylic acids is 1. The van der Waals surface area contributed by atoms with Gasteiger partial charge in [0.1, 0.15) is 12.7 Å². The number of ether oxygens (including phenoxy) is 1. The monoisotopic (exact) mass is 826 g/mol. The van der Waals surface area contributed by atoms with Gasteiger partial charge in [-0.25, -0.2) is 9.36 Å². The van der Waals surface area contributed by atoms with Gasteiger partial charge in [-0.3, -0.25) is 18.6 Å². The SMILES string of the molecule is CC/C=C\C/C=C\C/C=C\C/C=C\CCCCC(=O)NC(COP(=O)(O)OCC(O)COC(=O)CCCCCCCCCCCCCCCCCCCC)C(=O)O. The van der Waals surface area contributed by atoms with Gasteiger partial charge in [-0.1, -0.05) is 172 Å². The number of unbranched alkanes of at least 4 members (excludes halogenated alkanes) is 19. The number of aliphatic hydroxyl groups excluding tert-OH is 1. The number of hydrogen-bond donors (Lipinski definition) is 4. The molecule has 330 valence electrons. The van der Waals surface area contributed by atoms with E-state index in [0.29, 0.717) is 12.8 Å². The summed E-state index contributed by atoms with van der Waals surface area (Å²) in [6.45, 7) is 2.45. The topological polar surface area (TPSA) is 169 Å². The summed E-state index contributed by atoms with van der Waals surface area (Å²) >= 11 is 0. The van der Waals surface area contributed by atoms with Gasteiger partial charge in [0.05, 0.1) is 13.2 Å². The van der Waals surface area contributed by atoms with E-state index in [2.05, 4.69) is 61.7 Å². The number of carboxylic acid groups (broad SMARTS) is 1. The molecule has 0 aromatic carbocycles. The Bertz CT molecular complexity index is 1150. The van der Waals surface area contributed by atoms with Crippen molar-refractivity contribution < 1.29 is 47.8 Å². The molecule has 11 nitrogen and oxygen atoms in total. The molecule has 0 saturated heterocycles. The van der Waals surface area contributed by atoms with Crippen LogP contribution in [0, 0.1) is 0 Å². The zero-order valence-corrected chi connectivity index (χ0v) is 36.5. The summed E-state index contributed by atoms with van der Waals surface area (Å²) in [5, 5.41) is 21.8. The Morgan fingerprint density at radius 2 is 1.02 bits per heavy atom. The molecule has 0 aromatic heterocycles. The lowest BCUT2D eigenvalue weighted by atomic mass is 10.0. The lowest BCUT2D eigenvalue weighted by Gasteiger charge is -2.18. The molecular weight excluding hydrogens is 745 g/mol. The fourth-order valence-electron chi connectivity index (χ4n) is 5.95. The summed E-state index contributed by atoms with van der Waals surface area (Å²) in [7, 11) is -4.77. The minimum Gasteiger partial charge on any atom is -0.480 e. The van der Waals surface area contributed by atoms with Crippen LogP contribution in [0.4, 0.5) is 0 Å². The molecule has 3 atom stereocenters. The highest BCUT2D eigenvalue weighted by atomic mass is 31.2. The highest BCUT2D eigenvalue weighted by molar-refractivity contribution is 7.47. The molecule has 4 N–H and O–H groups in total. The van der Waals surface area contributed by atoms with Crippen molar-refractivity contribution in [1.29, 1.82) is 0 Å². The van der Waals surface area contributed by atoms with Gasteiger partial charge < -0.3 is 25.2 Å². The molecule has 0 aliphatic heterocycles. The number of carbonyl (C=O) groups excluding carboxylic acids is 2. The molecule has 0 fully saturated rings. The Balaban J connectivity index is 3.92. The Hall–Kier alpha value is -2.56. The second-order valence-corrected chi connectivity index (χ2v) is 16.3. The Morgan fingerprint density at radius 3 is 1.51 bits per heavy atom. The van der Waals surface area contributed by atoms with Crippen LogP contribution in [0.15, 0.2) is 48.6 Å². The zero-order chi connectivity index (χ0) is 42.1. The third kappa shape index (κ3) is 40.0. The summed E-state index contributed by atoms with van der Waals surface area (Å²) in [5.74, 6) is -2.43. The van der Waals surface area contributed by atoms with Crippen molar-refractivity contribution >= 4 is 25.7 Å². The Morgan fingerprint density at radius 1 is 0.579 bits per heavy atom. The van der Waals surface area contributed by atoms with Gasteiger partial charge in [0, 0.05) is 12.8 Å². The average Bonchev–Trinajstić information content (AvgIpc) is 3.18. The summed E-state index contributed by atoms with van der Waals surface area (Å²) in [6.07, 6.45) is 44.3. The van der Waals surface area contributed by atoms with Crippen LogP contribution in [0.2, 0.25) is 0 Å². The van der Waals surface area contributed by atoms with Gasteiger partial charge in [0.25, 0.3) is 0 Å². The number of phosphoric ester groups is 1. The quantitative estimate of drug-likeness (QED) is 0.0201. The molecule has 3 unspecified atom stereocenters. The van der Waals surface area contributed by atoms with E-state index in [1.807, 2.05) is 6.08 Å². The molecule has 12 heteroatoms. The van der Waals surface area contributed by atoms with E-state index in [-0.39, 0.29) is 12.8 Å². The number of nitrogens with one attached hydrogen (secondary N) is 1. The molecule has 0 aliphatic carbocycles. The van der Waals surface area contributed by atoms with Crippen molar-refractivity contribution in [2.45, 2.75) is 199 Å². The van der Waals surface area contributed by atoms with Crippen LogP contribution < -0.4 is 5.32 Å². The van der Waals surface area contributed by atoms with Crippen LogP contribution in [-0.4, -0.2) is 64.9 Å². The molecule has 0 bridgehead atoms. The average molecular weight is 826 g/mol. The molecule has 0 rings (SSSR count). The van der Waals surface area contributed by atoms with Gasteiger partial charge in [0.2, 0.25) is 5.91 Å². The van der Waals surface area contributed by atoms with E-state index in [1.165, 1.54) is 89.9 Å². The van der Waals surface area contributed by atoms with Crippen LogP contribution >= 0.6 is 7.82 Å². The summed E-state index contributed by atoms with van der Waals surface area (Å²) in [4.78, 5) is 45.9. The van der Waals surface area contributed by atoms with Crippen molar-refractivity contribution in [2.24, 2.45) is 0 Å². The molecular formula is C45H80NO10P. The standard InChI is InChI=1S/C45H80NO10P/c1-3-5-7-9-11-13-15-17-19-20-21-23-25-27-29-31-33-35-37-44(49)54-38-41(47)39-55-57(52,53)56-40-42(45(50)51)46-43(48)36-34-32-30-28-26-24-22-18-16-14-12-10-8-6-4-2/h6,8,12,14,18,22,26,28,41-42,47H,3-5,7,9-11,13,15-17,19-21,23-25,27,29-40H2,1-2H3,(H,46,48)(H,50,51)(H,52,53)/b8-6-,14-12-,22-18-,28-26-. The lowest BCUT2D eigenvalue weighted by Crippen LogP contribution is -2.43. The third-order valence-corrected chi connectivity index (χ3v) is 10.3. The van der Waals surface area contributed by atoms with Crippen molar-refractivity contribution in [3.8, 4) is 0 Å². The number of amides is 1. The van der Waals surface area contributed by atoms with E-state index < -0.39 is 57.6 Å². The highest BCUT2D eigenvalue weighted by Crippen LogP contribution is 2.43. The van der Waals surface area contributed by atoms with E-state index in [9.17, 15) is 34.1 Å². The van der Waals surface area contributed by atoms with E-state index in [0.717, 1.165) is 57.8 Å². The molecule has 0 aliphatic rings. The van der Waals surface area contributed by atoms with Gasteiger partial charge >= 0.3 is 19.8 Å². The number of esters is 1. The van der Waals surface area contributed by atoms with Crippen molar-refractivity contribution in [2.75, 3.05) is 19.8 Å². The first-order valence-corrected chi connectivity index (χ1v) is 23.7. The molecule has 0 spiro atoms. The van der Waals surface area contributed by atoms with Gasteiger partial charge in [0.15, 0.2) is 6.04 Å². The minimum atomic E-state index is -4.77. The van der Waals surface area contributed by atoms with Crippen LogP contribution in [0.1, 0.15) is 187 Å². The van der Waals surface area contributed by atoms with E-state index in [1.54, 1.807) is 0 Å². The number of carbonyl (C=O) groups is 3. The molecule has 57 heavy (non-hydrogen) atoms. The van der Waals surface area contributed by atoms with Crippen LogP contribution in [0.25, 0.3) is 0 Å². The Kier molecular flexibility index (Phi) is 38.4. The normalized spacial score (nSPS) is 14.2. The van der Waals surface area contributed by atoms with Gasteiger partial charge in [-0.05, 0) is 51.4 Å². The fraction of sp³-hybridized carbons (Fsp3) is 0.756. The molecule has 0 aromatic rings. The van der Waals surface area contributed by atoms with Crippen molar-refractivity contribution in [3.05, 3.63) is 48.6 Å². The van der Waals surface area contributed by atoms with Crippen molar-refractivity contribution in [1.82, 2.24) is 5.32 Å². The van der Waals surface area contributed by atoms with Crippen molar-refractivity contribution in [3.63, 3.8) is 0 Å². The zero-order valence-electron chi connectivity index (χ0n) is 35.6. The summed E-state index contributed by atoms with van der Waals surface area (Å²) < 4.78 is 26.8. The number of aliphatic hydroxyl groups is 1. The molecule has 0 heterocycles. The number of hydrogen-bond acceptors (Lipinski definition) is 8. The first kappa shape index (κ1) is 54.4. The predicted molar refractivity (Wildman–Crippen MR) is 231 cm³/mol. The summed E-state index contributed by atoms with van der Waals surface area (Å²) in [5.41, 5.74) is 0. The smallest absolute Gasteiger partial charge is 0.472 e. The molecule has 0 radical (unpaired) electrons. The summed E-state index contributed by atoms with van der Waals surface area (Å²) in [6, 6.07) is -1.57. The van der Waals surface area contributed by atoms with E-state index in [4.69, 9.17) is 13.8 Å². The van der Waals surface area contributed by atoms with E-state index >= 15 is 0 Å². The molecule has 0 saturated carbocycles. The number of phosphoric acid groups is 1. The maximum Gasteiger partial charge on any atom is 0.472 e. The van der Waals surface area contributed by atoms with Gasteiger partial charge in [-0.15, -0.1) is 0 Å². The fourth-order valence-corrected chi connectivity index (χ4v) is 6.73. The number of rotatable bonds is 41. The second kappa shape index (κ2) is 40.2. The second-order valence-electron chi connectivity index (χ2n) is 14.9. The number of allylic oxidation sites excluding steroid dienone is 8. The maximum atomic E-state index is 12.3. The maximum absolute atomic E-state index is 12.3. The highest BCUT2D eigenvalue weighted by Gasteiger charge is 2.28. The lowest BCUT2D eigenvalue weighted by molar-refractivity contribution is -0.147. The predicted octanol–water partition coefficient (Wildman–Crippen LogP) is 11.4. The first-order valence-electron chi connectivity index (χ1n) is 22.2. The van der Waals surface area contributed by atoms with Crippen LogP contribution in [0.5, 0.6) is 0 Å².